The van der Waals surface area contributed by atoms with Crippen LogP contribution in [0.3, 0.4) is 0 Å². The Kier molecular flexibility index (Phi) is 6.05. The van der Waals surface area contributed by atoms with Crippen LogP contribution in [0.4, 0.5) is 0 Å². The van der Waals surface area contributed by atoms with Crippen molar-refractivity contribution in [2.75, 3.05) is 6.61 Å². The minimum Gasteiger partial charge on any atom is -0.493 e. The van der Waals surface area contributed by atoms with Crippen LogP contribution < -0.4 is 4.74 Å². The standard InChI is InChI=1S/C19H21ClO3/c1-3-10-23-18-9-8-14(11-13(18)2)16(19(21)22)12-15-6-4-5-7-17(15)20/h4-9,11,16H,3,10,12H2,1-2H3,(H,21,22). The van der Waals surface area contributed by atoms with Gasteiger partial charge in [0.05, 0.1) is 12.5 Å². The molecule has 0 saturated heterocycles. The van der Waals surface area contributed by atoms with Crippen molar-refractivity contribution in [1.82, 2.24) is 0 Å². The van der Waals surface area contributed by atoms with Crippen molar-refractivity contribution >= 4 is 17.6 Å². The molecule has 3 nitrogen and oxygen atoms in total. The molecule has 122 valence electrons. The highest BCUT2D eigenvalue weighted by Gasteiger charge is 2.22. The first-order valence-corrected chi connectivity index (χ1v) is 8.10. The maximum absolute atomic E-state index is 11.7. The SMILES string of the molecule is CCCOc1ccc(C(Cc2ccccc2Cl)C(=O)O)cc1C. The number of hydrogen-bond donors (Lipinski definition) is 1. The third kappa shape index (κ3) is 4.49. The molecule has 0 aliphatic heterocycles. The molecule has 0 aliphatic rings. The molecule has 0 heterocycles. The lowest BCUT2D eigenvalue weighted by Crippen LogP contribution is -2.15. The minimum absolute atomic E-state index is 0.365. The van der Waals surface area contributed by atoms with E-state index in [0.717, 1.165) is 28.9 Å². The van der Waals surface area contributed by atoms with E-state index < -0.39 is 11.9 Å². The first-order valence-electron chi connectivity index (χ1n) is 7.72. The molecule has 0 amide bonds. The zero-order valence-electron chi connectivity index (χ0n) is 13.4. The van der Waals surface area contributed by atoms with E-state index in [9.17, 15) is 9.90 Å². The van der Waals surface area contributed by atoms with Crippen molar-refractivity contribution in [3.05, 3.63) is 64.2 Å². The van der Waals surface area contributed by atoms with Crippen LogP contribution in [0.2, 0.25) is 5.02 Å². The second-order valence-electron chi connectivity index (χ2n) is 5.56. The normalized spacial score (nSPS) is 12.0. The average Bonchev–Trinajstić information content (AvgIpc) is 2.52. The molecule has 23 heavy (non-hydrogen) atoms. The predicted octanol–water partition coefficient (Wildman–Crippen LogP) is 4.85. The first kappa shape index (κ1) is 17.4. The quantitative estimate of drug-likeness (QED) is 0.788. The summed E-state index contributed by atoms with van der Waals surface area (Å²) < 4.78 is 5.65. The number of carboxylic acid groups (broad SMARTS) is 1. The Labute approximate surface area is 141 Å². The molecule has 0 aromatic heterocycles. The highest BCUT2D eigenvalue weighted by Crippen LogP contribution is 2.29. The van der Waals surface area contributed by atoms with Gasteiger partial charge >= 0.3 is 5.97 Å². The molecule has 0 spiro atoms. The molecule has 0 fully saturated rings. The number of carbonyl (C=O) groups is 1. The first-order chi connectivity index (χ1) is 11.0. The lowest BCUT2D eigenvalue weighted by molar-refractivity contribution is -0.138. The van der Waals surface area contributed by atoms with Crippen molar-refractivity contribution in [1.29, 1.82) is 0 Å². The molecule has 0 bridgehead atoms. The van der Waals surface area contributed by atoms with Crippen molar-refractivity contribution in [2.45, 2.75) is 32.6 Å². The molecule has 2 aromatic rings. The summed E-state index contributed by atoms with van der Waals surface area (Å²) in [5.41, 5.74) is 2.55. The summed E-state index contributed by atoms with van der Waals surface area (Å²) >= 11 is 6.16. The van der Waals surface area contributed by atoms with E-state index >= 15 is 0 Å². The highest BCUT2D eigenvalue weighted by molar-refractivity contribution is 6.31. The van der Waals surface area contributed by atoms with Crippen LogP contribution in [0.5, 0.6) is 5.75 Å². The summed E-state index contributed by atoms with van der Waals surface area (Å²) in [4.78, 5) is 11.7. The maximum Gasteiger partial charge on any atom is 0.311 e. The lowest BCUT2D eigenvalue weighted by Gasteiger charge is -2.16. The van der Waals surface area contributed by atoms with E-state index in [1.54, 1.807) is 6.07 Å². The molecule has 0 saturated carbocycles. The molecule has 1 atom stereocenters. The van der Waals surface area contributed by atoms with Crippen LogP contribution in [0, 0.1) is 6.92 Å². The number of carboxylic acids is 1. The van der Waals surface area contributed by atoms with Crippen LogP contribution >= 0.6 is 11.6 Å². The van der Waals surface area contributed by atoms with E-state index in [-0.39, 0.29) is 0 Å². The van der Waals surface area contributed by atoms with Crippen molar-refractivity contribution in [3.63, 3.8) is 0 Å². The van der Waals surface area contributed by atoms with Crippen LogP contribution in [0.15, 0.2) is 42.5 Å². The van der Waals surface area contributed by atoms with Gasteiger partial charge in [-0.15, -0.1) is 0 Å². The molecule has 2 rings (SSSR count). The number of benzene rings is 2. The maximum atomic E-state index is 11.7. The van der Waals surface area contributed by atoms with Crippen molar-refractivity contribution < 1.29 is 14.6 Å². The number of rotatable bonds is 7. The van der Waals surface area contributed by atoms with Crippen molar-refractivity contribution in [2.24, 2.45) is 0 Å². The number of hydrogen-bond acceptors (Lipinski definition) is 2. The Balaban J connectivity index is 2.26. The molecule has 2 aromatic carbocycles. The minimum atomic E-state index is -0.855. The van der Waals surface area contributed by atoms with Crippen LogP contribution in [0.1, 0.15) is 36.0 Å². The molecular weight excluding hydrogens is 312 g/mol. The van der Waals surface area contributed by atoms with Gasteiger partial charge in [-0.3, -0.25) is 4.79 Å². The second-order valence-corrected chi connectivity index (χ2v) is 5.97. The monoisotopic (exact) mass is 332 g/mol. The van der Waals surface area contributed by atoms with Gasteiger partial charge in [0, 0.05) is 5.02 Å². The summed E-state index contributed by atoms with van der Waals surface area (Å²) in [6, 6.07) is 12.9. The summed E-state index contributed by atoms with van der Waals surface area (Å²) in [6.45, 7) is 4.64. The topological polar surface area (TPSA) is 46.5 Å². The van der Waals surface area contributed by atoms with Gasteiger partial charge < -0.3 is 9.84 Å². The highest BCUT2D eigenvalue weighted by atomic mass is 35.5. The Morgan fingerprint density at radius 2 is 2.00 bits per heavy atom. The molecule has 0 aliphatic carbocycles. The van der Waals surface area contributed by atoms with E-state index in [2.05, 4.69) is 0 Å². The van der Waals surface area contributed by atoms with E-state index in [1.807, 2.05) is 50.2 Å². The van der Waals surface area contributed by atoms with E-state index in [4.69, 9.17) is 16.3 Å². The van der Waals surface area contributed by atoms with Gasteiger partial charge in [-0.2, -0.15) is 0 Å². The van der Waals surface area contributed by atoms with E-state index in [1.165, 1.54) is 0 Å². The second kappa shape index (κ2) is 8.02. The molecule has 1 unspecified atom stereocenters. The summed E-state index contributed by atoms with van der Waals surface area (Å²) in [7, 11) is 0. The summed E-state index contributed by atoms with van der Waals surface area (Å²) in [6.07, 6.45) is 1.30. The number of aliphatic carboxylic acids is 1. The molecular formula is C19H21ClO3. The van der Waals surface area contributed by atoms with Gasteiger partial charge in [-0.25, -0.2) is 0 Å². The fraction of sp³-hybridized carbons (Fsp3) is 0.316. The van der Waals surface area contributed by atoms with E-state index in [0.29, 0.717) is 18.1 Å². The Hall–Kier alpha value is -2.00. The van der Waals surface area contributed by atoms with Crippen LogP contribution in [0.25, 0.3) is 0 Å². The summed E-state index contributed by atoms with van der Waals surface area (Å²) in [5, 5.41) is 10.2. The third-order valence-corrected chi connectivity index (χ3v) is 4.11. The van der Waals surface area contributed by atoms with Gasteiger partial charge in [0.2, 0.25) is 0 Å². The predicted molar refractivity (Wildman–Crippen MR) is 92.5 cm³/mol. The number of aryl methyl sites for hydroxylation is 1. The van der Waals surface area contributed by atoms with Gasteiger partial charge in [-0.05, 0) is 48.6 Å². The molecule has 0 radical (unpaired) electrons. The van der Waals surface area contributed by atoms with Gasteiger partial charge in [0.15, 0.2) is 0 Å². The van der Waals surface area contributed by atoms with Gasteiger partial charge in [-0.1, -0.05) is 48.9 Å². The molecule has 1 N–H and O–H groups in total. The number of ether oxygens (including phenoxy) is 1. The molecule has 4 heteroatoms. The smallest absolute Gasteiger partial charge is 0.311 e. The Bertz CT molecular complexity index is 682. The van der Waals surface area contributed by atoms with Gasteiger partial charge in [0.1, 0.15) is 5.75 Å². The van der Waals surface area contributed by atoms with Crippen LogP contribution in [-0.4, -0.2) is 17.7 Å². The van der Waals surface area contributed by atoms with Crippen LogP contribution in [-0.2, 0) is 11.2 Å². The largest absolute Gasteiger partial charge is 0.493 e. The zero-order chi connectivity index (χ0) is 16.8. The Morgan fingerprint density at radius 1 is 1.26 bits per heavy atom. The van der Waals surface area contributed by atoms with Gasteiger partial charge in [0.25, 0.3) is 0 Å². The van der Waals surface area contributed by atoms with Crippen molar-refractivity contribution in [3.8, 4) is 5.75 Å². The lowest BCUT2D eigenvalue weighted by atomic mass is 9.91. The zero-order valence-corrected chi connectivity index (χ0v) is 14.1. The summed E-state index contributed by atoms with van der Waals surface area (Å²) in [5.74, 6) is -0.683. The third-order valence-electron chi connectivity index (χ3n) is 3.74. The Morgan fingerprint density at radius 3 is 2.61 bits per heavy atom. The fourth-order valence-electron chi connectivity index (χ4n) is 2.49. The average molecular weight is 333 g/mol. The fourth-order valence-corrected chi connectivity index (χ4v) is 2.71. The number of halogens is 1.